The van der Waals surface area contributed by atoms with Crippen LogP contribution in [-0.4, -0.2) is 63.1 Å². The van der Waals surface area contributed by atoms with Crippen LogP contribution in [-0.2, 0) is 4.79 Å². The number of nitrogens with one attached hydrogen (secondary N) is 1. The molecule has 0 spiro atoms. The van der Waals surface area contributed by atoms with E-state index in [0.717, 1.165) is 23.5 Å². The summed E-state index contributed by atoms with van der Waals surface area (Å²) in [7, 11) is 3.81. The molecule has 1 N–H and O–H groups in total. The minimum Gasteiger partial charge on any atom is -0.404 e. The van der Waals surface area contributed by atoms with Crippen LogP contribution >= 0.6 is 23.4 Å². The number of carbonyl (C=O) groups is 2. The van der Waals surface area contributed by atoms with Gasteiger partial charge < -0.3 is 15.0 Å². The second kappa shape index (κ2) is 12.8. The van der Waals surface area contributed by atoms with E-state index in [0.29, 0.717) is 11.3 Å². The molecule has 0 radical (unpaired) electrons. The largest absolute Gasteiger partial charge is 0.573 e. The molecule has 3 heterocycles. The van der Waals surface area contributed by atoms with Gasteiger partial charge in [0.05, 0.1) is 28.3 Å². The molecule has 3 amide bonds. The number of pyridine rings is 1. The molecule has 0 aliphatic carbocycles. The number of alkyl halides is 3. The molecule has 45 heavy (non-hydrogen) atoms. The Balaban J connectivity index is 1.32. The normalized spacial score (nSPS) is 14.4. The van der Waals surface area contributed by atoms with Crippen LogP contribution in [0.3, 0.4) is 0 Å². The number of aromatic nitrogens is 4. The van der Waals surface area contributed by atoms with E-state index in [2.05, 4.69) is 30.1 Å². The second-order valence-corrected chi connectivity index (χ2v) is 11.6. The summed E-state index contributed by atoms with van der Waals surface area (Å²) in [6, 6.07) is 12.3. The number of rotatable bonds is 7. The van der Waals surface area contributed by atoms with Gasteiger partial charge in [-0.15, -0.1) is 18.3 Å². The Morgan fingerprint density at radius 3 is 2.56 bits per heavy atom. The number of nitrogens with zero attached hydrogens (tertiary/aromatic N) is 7. The maximum Gasteiger partial charge on any atom is 0.573 e. The van der Waals surface area contributed by atoms with Crippen molar-refractivity contribution in [3.05, 3.63) is 71.6 Å². The summed E-state index contributed by atoms with van der Waals surface area (Å²) < 4.78 is 42.3. The number of halogens is 4. The van der Waals surface area contributed by atoms with Gasteiger partial charge in [-0.1, -0.05) is 43.3 Å². The van der Waals surface area contributed by atoms with Crippen LogP contribution in [0.1, 0.15) is 25.3 Å². The summed E-state index contributed by atoms with van der Waals surface area (Å²) in [6.45, 7) is 4.06. The topological polar surface area (TPSA) is 118 Å². The molecule has 2 aromatic heterocycles. The zero-order chi connectivity index (χ0) is 32.5. The molecule has 234 valence electrons. The number of hydrogen-bond acceptors (Lipinski definition) is 8. The van der Waals surface area contributed by atoms with Crippen molar-refractivity contribution in [3.63, 3.8) is 0 Å². The van der Waals surface area contributed by atoms with Crippen LogP contribution in [0.15, 0.2) is 66.0 Å². The second-order valence-electron chi connectivity index (χ2n) is 10.2. The zero-order valence-electron chi connectivity index (χ0n) is 24.3. The monoisotopic (exact) mass is 658 g/mol. The van der Waals surface area contributed by atoms with E-state index in [-0.39, 0.29) is 45.1 Å². The molecular formula is C29H26ClF3N8O3S. The summed E-state index contributed by atoms with van der Waals surface area (Å²) in [6.07, 6.45) is -2.57. The molecule has 0 bridgehead atoms. The Morgan fingerprint density at radius 2 is 1.91 bits per heavy atom. The quantitative estimate of drug-likeness (QED) is 0.232. The number of urea groups is 1. The first-order chi connectivity index (χ1) is 21.3. The van der Waals surface area contributed by atoms with Crippen molar-refractivity contribution in [2.75, 3.05) is 35.0 Å². The lowest BCUT2D eigenvalue weighted by Gasteiger charge is -2.24. The standard InChI is InChI=1S/C29H26ClF3N8O3S/c1-16(2)20-8-6-18(39(3)4)12-23(20)41-25(42)14-45-28(41)37-27(43)36-22-9-5-17(11-21(22)30)26-35-15-40(38-26)24-10-7-19(13-34-24)44-29(31,32)33/h5-13,15-16H,14H2,1-4H3,(H,36,43)/b37-28-. The first-order valence-electron chi connectivity index (χ1n) is 13.4. The molecule has 0 atom stereocenters. The molecule has 1 saturated heterocycles. The van der Waals surface area contributed by atoms with Gasteiger partial charge in [-0.2, -0.15) is 4.99 Å². The third kappa shape index (κ3) is 7.37. The third-order valence-corrected chi connectivity index (χ3v) is 7.74. The highest BCUT2D eigenvalue weighted by Gasteiger charge is 2.33. The summed E-state index contributed by atoms with van der Waals surface area (Å²) in [4.78, 5) is 41.7. The van der Waals surface area contributed by atoms with Gasteiger partial charge in [0.15, 0.2) is 16.8 Å². The van der Waals surface area contributed by atoms with E-state index in [1.807, 2.05) is 51.0 Å². The van der Waals surface area contributed by atoms with Crippen molar-refractivity contribution in [1.82, 2.24) is 19.7 Å². The van der Waals surface area contributed by atoms with Crippen LogP contribution in [0, 0.1) is 0 Å². The molecule has 11 nitrogen and oxygen atoms in total. The van der Waals surface area contributed by atoms with E-state index in [1.54, 1.807) is 18.2 Å². The zero-order valence-corrected chi connectivity index (χ0v) is 25.9. The van der Waals surface area contributed by atoms with Crippen LogP contribution in [0.25, 0.3) is 17.2 Å². The van der Waals surface area contributed by atoms with E-state index < -0.39 is 18.1 Å². The molecule has 16 heteroatoms. The SMILES string of the molecule is CC(C)c1ccc(N(C)C)cc1N1C(=O)CS/C1=N\C(=O)Nc1ccc(-c2ncn(-c3ccc(OC(F)(F)F)cn3)n2)cc1Cl. The summed E-state index contributed by atoms with van der Waals surface area (Å²) >= 11 is 7.64. The van der Waals surface area contributed by atoms with Crippen molar-refractivity contribution in [3.8, 4) is 23.0 Å². The molecule has 4 aromatic rings. The number of aliphatic imine (C=N–C) groups is 1. The van der Waals surface area contributed by atoms with Crippen molar-refractivity contribution in [2.24, 2.45) is 4.99 Å². The number of carbonyl (C=O) groups excluding carboxylic acids is 2. The van der Waals surface area contributed by atoms with Gasteiger partial charge in [-0.25, -0.2) is 19.4 Å². The Labute approximate surface area is 265 Å². The highest BCUT2D eigenvalue weighted by molar-refractivity contribution is 8.15. The van der Waals surface area contributed by atoms with E-state index in [1.165, 1.54) is 33.7 Å². The minimum absolute atomic E-state index is 0.123. The number of anilines is 3. The fraction of sp³-hybridized carbons (Fsp3) is 0.241. The Hall–Kier alpha value is -4.63. The average Bonchev–Trinajstić information content (AvgIpc) is 3.60. The van der Waals surface area contributed by atoms with Gasteiger partial charge in [0.25, 0.3) is 0 Å². The Kier molecular flexibility index (Phi) is 9.02. The van der Waals surface area contributed by atoms with Crippen molar-refractivity contribution in [2.45, 2.75) is 26.1 Å². The fourth-order valence-corrected chi connectivity index (χ4v) is 5.45. The molecule has 2 aromatic carbocycles. The highest BCUT2D eigenvalue weighted by Crippen LogP contribution is 2.36. The first-order valence-corrected chi connectivity index (χ1v) is 14.8. The van der Waals surface area contributed by atoms with Gasteiger partial charge in [0, 0.05) is 25.3 Å². The molecule has 5 rings (SSSR count). The summed E-state index contributed by atoms with van der Waals surface area (Å²) in [5, 5.41) is 7.39. The number of amidine groups is 1. The number of amides is 3. The van der Waals surface area contributed by atoms with E-state index >= 15 is 0 Å². The van der Waals surface area contributed by atoms with Crippen molar-refractivity contribution >= 4 is 57.5 Å². The highest BCUT2D eigenvalue weighted by atomic mass is 35.5. The third-order valence-electron chi connectivity index (χ3n) is 6.51. The first kappa shape index (κ1) is 31.8. The Bertz CT molecular complexity index is 1780. The predicted octanol–water partition coefficient (Wildman–Crippen LogP) is 6.74. The summed E-state index contributed by atoms with van der Waals surface area (Å²) in [5.74, 6) is 0.0858. The average molecular weight is 659 g/mol. The molecule has 1 aliphatic rings. The van der Waals surface area contributed by atoms with Crippen LogP contribution in [0.5, 0.6) is 5.75 Å². The number of ether oxygens (including phenoxy) is 1. The molecule has 0 unspecified atom stereocenters. The van der Waals surface area contributed by atoms with Crippen LogP contribution < -0.4 is 19.9 Å². The maximum atomic E-state index is 13.0. The van der Waals surface area contributed by atoms with Crippen LogP contribution in [0.4, 0.5) is 35.0 Å². The maximum absolute atomic E-state index is 13.0. The van der Waals surface area contributed by atoms with Crippen molar-refractivity contribution < 1.29 is 27.5 Å². The lowest BCUT2D eigenvalue weighted by atomic mass is 9.99. The van der Waals surface area contributed by atoms with Crippen LogP contribution in [0.2, 0.25) is 5.02 Å². The fourth-order valence-electron chi connectivity index (χ4n) is 4.37. The minimum atomic E-state index is -4.83. The number of hydrogen-bond donors (Lipinski definition) is 1. The smallest absolute Gasteiger partial charge is 0.404 e. The van der Waals surface area contributed by atoms with E-state index in [4.69, 9.17) is 11.6 Å². The van der Waals surface area contributed by atoms with Gasteiger partial charge in [-0.3, -0.25) is 9.69 Å². The van der Waals surface area contributed by atoms with Gasteiger partial charge in [0.2, 0.25) is 5.91 Å². The van der Waals surface area contributed by atoms with Gasteiger partial charge in [0.1, 0.15) is 12.1 Å². The number of benzene rings is 2. The molecular weight excluding hydrogens is 633 g/mol. The lowest BCUT2D eigenvalue weighted by molar-refractivity contribution is -0.274. The van der Waals surface area contributed by atoms with Gasteiger partial charge in [-0.05, 0) is 53.9 Å². The molecule has 1 aliphatic heterocycles. The molecule has 1 fully saturated rings. The summed E-state index contributed by atoms with van der Waals surface area (Å²) in [5.41, 5.74) is 3.30. The number of thioether (sulfide) groups is 1. The van der Waals surface area contributed by atoms with E-state index in [9.17, 15) is 22.8 Å². The Morgan fingerprint density at radius 1 is 1.13 bits per heavy atom. The predicted molar refractivity (Wildman–Crippen MR) is 168 cm³/mol. The lowest BCUT2D eigenvalue weighted by Crippen LogP contribution is -2.31. The molecule has 0 saturated carbocycles. The van der Waals surface area contributed by atoms with Crippen molar-refractivity contribution in [1.29, 1.82) is 0 Å². The van der Waals surface area contributed by atoms with Gasteiger partial charge >= 0.3 is 12.4 Å².